The zero-order valence-corrected chi connectivity index (χ0v) is 14.2. The van der Waals surface area contributed by atoms with E-state index < -0.39 is 17.5 Å². The largest absolute Gasteiger partial charge is 0.347 e. The number of hydrogen-bond acceptors (Lipinski definition) is 3. The minimum atomic E-state index is -0.596. The first kappa shape index (κ1) is 17.8. The number of nitrogens with one attached hydrogen (secondary N) is 1. The molecule has 1 aliphatic heterocycles. The van der Waals surface area contributed by atoms with Crippen molar-refractivity contribution in [3.8, 4) is 0 Å². The number of para-hydroxylation sites is 1. The number of nitrogens with zero attached hydrogens (tertiary/aromatic N) is 1. The number of hydrogen-bond donors (Lipinski definition) is 1. The van der Waals surface area contributed by atoms with E-state index in [1.54, 1.807) is 11.0 Å². The molecule has 5 nitrogen and oxygen atoms in total. The Kier molecular flexibility index (Phi) is 5.41. The fraction of sp³-hybridized carbons (Fsp3) is 0.250. The van der Waals surface area contributed by atoms with Crippen LogP contribution in [0.4, 0.5) is 10.1 Å². The lowest BCUT2D eigenvalue weighted by Gasteiger charge is -2.17. The quantitative estimate of drug-likeness (QED) is 0.811. The molecule has 2 aromatic rings. The molecule has 2 amide bonds. The highest BCUT2D eigenvalue weighted by Crippen LogP contribution is 2.27. The third-order valence-corrected chi connectivity index (χ3v) is 4.38. The van der Waals surface area contributed by atoms with E-state index in [2.05, 4.69) is 5.32 Å². The monoisotopic (exact) mass is 354 g/mol. The van der Waals surface area contributed by atoms with Gasteiger partial charge in [0.25, 0.3) is 0 Å². The van der Waals surface area contributed by atoms with Crippen LogP contribution in [-0.2, 0) is 16.0 Å². The van der Waals surface area contributed by atoms with Crippen LogP contribution in [0.5, 0.6) is 0 Å². The standard InChI is InChI=1S/C20H19FN2O3/c21-16-7-3-2-6-15(16)18(24)9-10-19(25)22-13-20(26)23-12-11-14-5-1-4-8-17(14)23/h1-8H,9-13H2,(H,22,25). The Labute approximate surface area is 150 Å². The lowest BCUT2D eigenvalue weighted by Crippen LogP contribution is -2.39. The molecule has 0 aromatic heterocycles. The number of benzene rings is 2. The van der Waals surface area contributed by atoms with Crippen LogP contribution in [0.3, 0.4) is 0 Å². The van der Waals surface area contributed by atoms with E-state index in [1.807, 2.05) is 24.3 Å². The van der Waals surface area contributed by atoms with E-state index in [-0.39, 0.29) is 30.9 Å². The summed E-state index contributed by atoms with van der Waals surface area (Å²) in [4.78, 5) is 37.8. The van der Waals surface area contributed by atoms with E-state index in [0.29, 0.717) is 6.54 Å². The van der Waals surface area contributed by atoms with E-state index in [0.717, 1.165) is 17.7 Å². The molecule has 0 aliphatic carbocycles. The number of carbonyl (C=O) groups excluding carboxylic acids is 3. The number of fused-ring (bicyclic) bond motifs is 1. The van der Waals surface area contributed by atoms with Crippen LogP contribution >= 0.6 is 0 Å². The summed E-state index contributed by atoms with van der Waals surface area (Å²) in [6, 6.07) is 13.3. The summed E-state index contributed by atoms with van der Waals surface area (Å²) in [5.74, 6) is -1.63. The molecule has 1 N–H and O–H groups in total. The van der Waals surface area contributed by atoms with Crippen molar-refractivity contribution in [1.82, 2.24) is 5.32 Å². The Morgan fingerprint density at radius 1 is 1.00 bits per heavy atom. The normalized spacial score (nSPS) is 12.6. The summed E-state index contributed by atoms with van der Waals surface area (Å²) < 4.78 is 13.5. The van der Waals surface area contributed by atoms with E-state index in [1.165, 1.54) is 18.2 Å². The summed E-state index contributed by atoms with van der Waals surface area (Å²) in [5, 5.41) is 2.54. The van der Waals surface area contributed by atoms with Gasteiger partial charge in [-0.3, -0.25) is 14.4 Å². The smallest absolute Gasteiger partial charge is 0.246 e. The van der Waals surface area contributed by atoms with Crippen molar-refractivity contribution in [3.63, 3.8) is 0 Å². The molecule has 26 heavy (non-hydrogen) atoms. The number of rotatable bonds is 6. The number of halogens is 1. The van der Waals surface area contributed by atoms with Crippen molar-refractivity contribution >= 4 is 23.3 Å². The van der Waals surface area contributed by atoms with Gasteiger partial charge in [0.2, 0.25) is 11.8 Å². The second kappa shape index (κ2) is 7.91. The maximum atomic E-state index is 13.5. The van der Waals surface area contributed by atoms with Crippen LogP contribution in [0.15, 0.2) is 48.5 Å². The fourth-order valence-corrected chi connectivity index (χ4v) is 3.00. The maximum absolute atomic E-state index is 13.5. The molecule has 6 heteroatoms. The summed E-state index contributed by atoms with van der Waals surface area (Å²) in [5.41, 5.74) is 1.97. The van der Waals surface area contributed by atoms with Crippen LogP contribution in [0, 0.1) is 5.82 Å². The highest BCUT2D eigenvalue weighted by Gasteiger charge is 2.24. The lowest BCUT2D eigenvalue weighted by atomic mass is 10.1. The minimum Gasteiger partial charge on any atom is -0.347 e. The highest BCUT2D eigenvalue weighted by atomic mass is 19.1. The molecule has 0 saturated carbocycles. The maximum Gasteiger partial charge on any atom is 0.246 e. The van der Waals surface area contributed by atoms with Gasteiger partial charge in [-0.15, -0.1) is 0 Å². The Morgan fingerprint density at radius 2 is 1.73 bits per heavy atom. The fourth-order valence-electron chi connectivity index (χ4n) is 3.00. The molecule has 0 fully saturated rings. The van der Waals surface area contributed by atoms with Gasteiger partial charge in [-0.1, -0.05) is 30.3 Å². The lowest BCUT2D eigenvalue weighted by molar-refractivity contribution is -0.124. The molecule has 1 heterocycles. The van der Waals surface area contributed by atoms with Gasteiger partial charge < -0.3 is 10.2 Å². The Hall–Kier alpha value is -3.02. The molecule has 0 bridgehead atoms. The molecular weight excluding hydrogens is 335 g/mol. The molecule has 0 radical (unpaired) electrons. The van der Waals surface area contributed by atoms with Crippen molar-refractivity contribution in [2.24, 2.45) is 0 Å². The van der Waals surface area contributed by atoms with Crippen LogP contribution in [0.1, 0.15) is 28.8 Å². The van der Waals surface area contributed by atoms with Crippen LogP contribution in [-0.4, -0.2) is 30.7 Å². The zero-order chi connectivity index (χ0) is 18.5. The summed E-state index contributed by atoms with van der Waals surface area (Å²) in [7, 11) is 0. The minimum absolute atomic E-state index is 0.0231. The Morgan fingerprint density at radius 3 is 2.54 bits per heavy atom. The molecule has 0 unspecified atom stereocenters. The third kappa shape index (κ3) is 3.96. The van der Waals surface area contributed by atoms with Crippen molar-refractivity contribution in [1.29, 1.82) is 0 Å². The molecule has 0 atom stereocenters. The molecule has 0 spiro atoms. The third-order valence-electron chi connectivity index (χ3n) is 4.38. The Balaban J connectivity index is 1.47. The van der Waals surface area contributed by atoms with Crippen LogP contribution < -0.4 is 10.2 Å². The molecule has 0 saturated heterocycles. The number of ketones is 1. The van der Waals surface area contributed by atoms with Crippen LogP contribution in [0.2, 0.25) is 0 Å². The summed E-state index contributed by atoms with van der Waals surface area (Å²) in [6.45, 7) is 0.473. The van der Waals surface area contributed by atoms with Crippen molar-refractivity contribution in [2.75, 3.05) is 18.0 Å². The topological polar surface area (TPSA) is 66.5 Å². The van der Waals surface area contributed by atoms with Gasteiger partial charge in [0.1, 0.15) is 5.82 Å². The predicted octanol–water partition coefficient (Wildman–Crippen LogP) is 2.49. The van der Waals surface area contributed by atoms with Crippen LogP contribution in [0.25, 0.3) is 0 Å². The number of carbonyl (C=O) groups is 3. The van der Waals surface area contributed by atoms with E-state index in [4.69, 9.17) is 0 Å². The van der Waals surface area contributed by atoms with Gasteiger partial charge in [0.05, 0.1) is 12.1 Å². The summed E-state index contributed by atoms with van der Waals surface area (Å²) in [6.07, 6.45) is 0.609. The first-order chi connectivity index (χ1) is 12.6. The van der Waals surface area contributed by atoms with Gasteiger partial charge in [0.15, 0.2) is 5.78 Å². The second-order valence-electron chi connectivity index (χ2n) is 6.10. The molecule has 134 valence electrons. The molecular formula is C20H19FN2O3. The van der Waals surface area contributed by atoms with Gasteiger partial charge in [0, 0.05) is 25.1 Å². The second-order valence-corrected chi connectivity index (χ2v) is 6.10. The first-order valence-electron chi connectivity index (χ1n) is 8.49. The SMILES string of the molecule is O=C(CCC(=O)c1ccccc1F)NCC(=O)N1CCc2ccccc21. The average molecular weight is 354 g/mol. The Bertz CT molecular complexity index is 850. The molecule has 2 aromatic carbocycles. The average Bonchev–Trinajstić information content (AvgIpc) is 3.08. The zero-order valence-electron chi connectivity index (χ0n) is 14.2. The number of anilines is 1. The van der Waals surface area contributed by atoms with Gasteiger partial charge >= 0.3 is 0 Å². The highest BCUT2D eigenvalue weighted by molar-refractivity contribution is 6.00. The predicted molar refractivity (Wildman–Crippen MR) is 95.5 cm³/mol. The van der Waals surface area contributed by atoms with Crippen molar-refractivity contribution in [3.05, 3.63) is 65.5 Å². The van der Waals surface area contributed by atoms with Gasteiger partial charge in [-0.05, 0) is 30.2 Å². The summed E-state index contributed by atoms with van der Waals surface area (Å²) >= 11 is 0. The number of Topliss-reactive ketones (excluding diaryl/α,β-unsaturated/α-hetero) is 1. The number of amides is 2. The van der Waals surface area contributed by atoms with E-state index in [9.17, 15) is 18.8 Å². The van der Waals surface area contributed by atoms with Gasteiger partial charge in [-0.2, -0.15) is 0 Å². The molecule has 3 rings (SSSR count). The van der Waals surface area contributed by atoms with E-state index >= 15 is 0 Å². The molecule has 1 aliphatic rings. The van der Waals surface area contributed by atoms with Crippen molar-refractivity contribution < 1.29 is 18.8 Å². The first-order valence-corrected chi connectivity index (χ1v) is 8.49. The van der Waals surface area contributed by atoms with Crippen molar-refractivity contribution in [2.45, 2.75) is 19.3 Å². The van der Waals surface area contributed by atoms with Gasteiger partial charge in [-0.25, -0.2) is 4.39 Å².